The van der Waals surface area contributed by atoms with Crippen molar-refractivity contribution in [2.75, 3.05) is 0 Å². The van der Waals surface area contributed by atoms with Crippen LogP contribution in [0, 0.1) is 0 Å². The maximum absolute atomic E-state index is 3.32. The van der Waals surface area contributed by atoms with E-state index in [1.54, 1.807) is 0 Å². The molecule has 0 aliphatic carbocycles. The van der Waals surface area contributed by atoms with Crippen molar-refractivity contribution >= 4 is 0 Å². The van der Waals surface area contributed by atoms with Gasteiger partial charge in [0.05, 0.1) is 0 Å². The van der Waals surface area contributed by atoms with Gasteiger partial charge >= 0.3 is 0 Å². The topological polar surface area (TPSA) is 0 Å². The van der Waals surface area contributed by atoms with Crippen molar-refractivity contribution in [2.45, 2.75) is 0 Å². The molecule has 0 saturated carbocycles. The van der Waals surface area contributed by atoms with Crippen molar-refractivity contribution in [1.29, 1.82) is 0 Å². The van der Waals surface area contributed by atoms with Crippen molar-refractivity contribution in [1.82, 2.24) is 0 Å². The average molecular weight is 833 g/mol. The Bertz CT molecular complexity index is 4770. The monoisotopic (exact) mass is 832 g/mol. The summed E-state index contributed by atoms with van der Waals surface area (Å²) in [5.74, 6) is 0. The molecule has 0 aliphatic heterocycles. The van der Waals surface area contributed by atoms with E-state index in [0.29, 0.717) is 0 Å². The first kappa shape index (κ1) is 54.0. The second kappa shape index (κ2) is 53.0. The lowest BCUT2D eigenvalue weighted by Gasteiger charge is -1.41. The molecule has 0 aromatic carbocycles. The average Bonchev–Trinajstić information content (AvgIpc) is 3.36. The molecular formula is C69H4. The lowest BCUT2D eigenvalue weighted by Crippen LogP contribution is -1.26. The van der Waals surface area contributed by atoms with Crippen molar-refractivity contribution < 1.29 is 0 Å². The van der Waals surface area contributed by atoms with Gasteiger partial charge in [0.2, 0.25) is 0 Å². The van der Waals surface area contributed by atoms with Gasteiger partial charge in [-0.25, -0.2) is 0 Å². The molecule has 0 radical (unpaired) electrons. The van der Waals surface area contributed by atoms with Crippen molar-refractivity contribution in [2.24, 2.45) is 0 Å². The summed E-state index contributed by atoms with van der Waals surface area (Å²) >= 11 is 0. The standard InChI is InChI=1S/C69H4/c1-3-5-7-9-11-13-15-17-19-21-23-25-27-29-31-33-35-37-39-41-43-45-47-49-51-53-55-57-59-61-63-65-67-69-68-66-64-62-60-58-56-54-52-50-48-46-44-42-40-38-36-34-32-30-28-26-24-22-20-18-16-14-12-10-8-6-4-2/h1-2H2. The Labute approximate surface area is 395 Å². The maximum atomic E-state index is 3.32. The fourth-order valence-electron chi connectivity index (χ4n) is 2.06. The molecule has 0 bridgehead atoms. The molecule has 0 aromatic heterocycles. The molecule has 0 aliphatic rings. The molecule has 280 valence electrons. The fourth-order valence-corrected chi connectivity index (χ4v) is 2.06. The molecule has 69 heavy (non-hydrogen) atoms. The number of rotatable bonds is 0. The first-order valence-electron chi connectivity index (χ1n) is 17.2. The molecule has 0 fully saturated rings. The molecule has 0 heteroatoms. The van der Waals surface area contributed by atoms with Crippen LogP contribution in [0.4, 0.5) is 0 Å². The van der Waals surface area contributed by atoms with Gasteiger partial charge in [-0.15, -0.1) is 0 Å². The van der Waals surface area contributed by atoms with E-state index in [9.17, 15) is 0 Å². The molecule has 0 spiro atoms. The van der Waals surface area contributed by atoms with Crippen LogP contribution in [0.3, 0.4) is 0 Å². The van der Waals surface area contributed by atoms with Crippen LogP contribution in [0.2, 0.25) is 0 Å². The maximum Gasteiger partial charge on any atom is 0 e. The highest BCUT2D eigenvalue weighted by molar-refractivity contribution is 4.99. The minimum atomic E-state index is 2.37. The summed E-state index contributed by atoms with van der Waals surface area (Å²) in [5, 5.41) is 0. The van der Waals surface area contributed by atoms with Crippen LogP contribution in [0.15, 0.2) is 397 Å². The van der Waals surface area contributed by atoms with Gasteiger partial charge in [0.1, 0.15) is 0 Å². The quantitative estimate of drug-likeness (QED) is 0.213. The van der Waals surface area contributed by atoms with Crippen LogP contribution in [0.5, 0.6) is 0 Å². The van der Waals surface area contributed by atoms with Crippen LogP contribution < -0.4 is 0 Å². The Hall–Kier alpha value is -15.0. The second-order valence-electron chi connectivity index (χ2n) is 8.48. The number of hydrogen-bond donors (Lipinski definition) is 0. The van der Waals surface area contributed by atoms with Crippen LogP contribution >= 0.6 is 0 Å². The molecule has 0 amide bonds. The Morgan fingerprint density at radius 1 is 0.0725 bits per heavy atom. The largest absolute Gasteiger partial charge is 0.0687 e. The van der Waals surface area contributed by atoms with Gasteiger partial charge in [0.15, 0.2) is 0 Å². The molecule has 0 rings (SSSR count). The lowest BCUT2D eigenvalue weighted by atomic mass is 10.6. The number of hydrogen-bond acceptors (Lipinski definition) is 0. The minimum Gasteiger partial charge on any atom is -0.0687 e. The van der Waals surface area contributed by atoms with E-state index in [-0.39, 0.29) is 0 Å². The molecule has 0 N–H and O–H groups in total. The summed E-state index contributed by atoms with van der Waals surface area (Å²) in [6.45, 7) is 6.63. The van der Waals surface area contributed by atoms with Gasteiger partial charge in [-0.05, 0) is 105 Å². The summed E-state index contributed by atoms with van der Waals surface area (Å²) in [6, 6.07) is 0. The zero-order valence-electron chi connectivity index (χ0n) is 34.9. The molecule has 0 saturated heterocycles. The van der Waals surface area contributed by atoms with E-state index >= 15 is 0 Å². The summed E-state index contributed by atoms with van der Waals surface area (Å²) in [7, 11) is 0. The summed E-state index contributed by atoms with van der Waals surface area (Å²) in [5.41, 5.74) is 167. The van der Waals surface area contributed by atoms with Gasteiger partial charge in [0, 0.05) is 281 Å². The smallest absolute Gasteiger partial charge is 0 e. The summed E-state index contributed by atoms with van der Waals surface area (Å²) in [4.78, 5) is 0. The Morgan fingerprint density at radius 3 is 0.159 bits per heavy atom. The molecule has 0 aromatic rings. The lowest BCUT2D eigenvalue weighted by molar-refractivity contribution is 2.10. The van der Waals surface area contributed by atoms with E-state index in [2.05, 4.69) is 397 Å². The highest BCUT2D eigenvalue weighted by atomic mass is 13.5. The molecule has 0 unspecified atom stereocenters. The van der Waals surface area contributed by atoms with Crippen LogP contribution in [-0.4, -0.2) is 0 Å². The fraction of sp³-hybridized carbons (Fsp3) is 0. The van der Waals surface area contributed by atoms with Crippen molar-refractivity contribution in [3.8, 4) is 0 Å². The predicted octanol–water partition coefficient (Wildman–Crippen LogP) is 11.2. The zero-order chi connectivity index (χ0) is 49.4. The molecule has 0 atom stereocenters. The van der Waals surface area contributed by atoms with Gasteiger partial charge in [-0.1, -0.05) is 11.5 Å². The summed E-state index contributed by atoms with van der Waals surface area (Å²) < 4.78 is 0. The first-order valence-corrected chi connectivity index (χ1v) is 17.2. The Kier molecular flexibility index (Phi) is 41.5. The van der Waals surface area contributed by atoms with Gasteiger partial charge < -0.3 is 0 Å². The third kappa shape index (κ3) is 53.0. The molecule has 0 nitrogen and oxygen atoms in total. The van der Waals surface area contributed by atoms with E-state index in [0.717, 1.165) is 0 Å². The van der Waals surface area contributed by atoms with Gasteiger partial charge in [0.25, 0.3) is 0 Å². The first-order chi connectivity index (χ1) is 34.4. The minimum absolute atomic E-state index is 2.37. The third-order valence-corrected chi connectivity index (χ3v) is 4.18. The predicted molar refractivity (Wildman–Crippen MR) is 247 cm³/mol. The van der Waals surface area contributed by atoms with Gasteiger partial charge in [-0.3, -0.25) is 0 Å². The van der Waals surface area contributed by atoms with E-state index in [4.69, 9.17) is 0 Å². The van der Waals surface area contributed by atoms with E-state index < -0.39 is 0 Å². The second-order valence-corrected chi connectivity index (χ2v) is 8.48. The van der Waals surface area contributed by atoms with Crippen LogP contribution in [0.1, 0.15) is 0 Å². The van der Waals surface area contributed by atoms with Crippen molar-refractivity contribution in [3.63, 3.8) is 0 Å². The van der Waals surface area contributed by atoms with Crippen molar-refractivity contribution in [3.05, 3.63) is 397 Å². The zero-order valence-corrected chi connectivity index (χ0v) is 34.9. The SMILES string of the molecule is C=C=C=C=C=C=C=C=C=C=C=C=C=C=C=C=C=C=C=C=C=C=C=C=C=C=C=C=C=C=C=C=C=C=C=C=C=C=C=C=C=C=C=C=C=C=C=C=C=C=C=C=C=C=C=C=C=C=C=C=C=C=C=C=C=C=C=C=C. The van der Waals surface area contributed by atoms with Crippen LogP contribution in [-0.2, 0) is 0 Å². The highest BCUT2D eigenvalue weighted by Gasteiger charge is 1.47. The summed E-state index contributed by atoms with van der Waals surface area (Å²) in [6.07, 6.45) is 0. The Balaban J connectivity index is 6.14. The van der Waals surface area contributed by atoms with E-state index in [1.165, 1.54) is 0 Å². The third-order valence-electron chi connectivity index (χ3n) is 4.18. The Morgan fingerprint density at radius 2 is 0.116 bits per heavy atom. The molecular weight excluding hydrogens is 829 g/mol. The van der Waals surface area contributed by atoms with Gasteiger partial charge in [-0.2, -0.15) is 0 Å². The van der Waals surface area contributed by atoms with Crippen LogP contribution in [0.25, 0.3) is 0 Å². The van der Waals surface area contributed by atoms with E-state index in [1.807, 2.05) is 0 Å². The molecule has 0 heterocycles. The highest BCUT2D eigenvalue weighted by Crippen LogP contribution is 1.63. The normalized spacial score (nSPS) is 3.94.